The third-order valence-corrected chi connectivity index (χ3v) is 3.53. The Morgan fingerprint density at radius 2 is 2.32 bits per heavy atom. The number of nitrogen functional groups attached to an aromatic ring is 1. The largest absolute Gasteiger partial charge is 0.337 e. The van der Waals surface area contributed by atoms with Gasteiger partial charge in [-0.15, -0.1) is 11.3 Å². The zero-order valence-electron chi connectivity index (χ0n) is 10.9. The number of carbonyl (C=O) groups excluding carboxylic acids is 1. The highest BCUT2D eigenvalue weighted by Gasteiger charge is 2.14. The average molecular weight is 276 g/mol. The fourth-order valence-electron chi connectivity index (χ4n) is 1.79. The van der Waals surface area contributed by atoms with E-state index < -0.39 is 0 Å². The van der Waals surface area contributed by atoms with Crippen LogP contribution in [0.15, 0.2) is 29.6 Å². The lowest BCUT2D eigenvalue weighted by Gasteiger charge is -2.17. The molecule has 100 valence electrons. The van der Waals surface area contributed by atoms with E-state index in [4.69, 9.17) is 5.84 Å². The van der Waals surface area contributed by atoms with E-state index >= 15 is 0 Å². The molecular formula is C13H16N4OS. The fourth-order valence-corrected chi connectivity index (χ4v) is 2.55. The maximum atomic E-state index is 12.3. The molecule has 2 heterocycles. The zero-order chi connectivity index (χ0) is 13.8. The molecule has 6 heteroatoms. The number of anilines is 1. The van der Waals surface area contributed by atoms with Gasteiger partial charge in [0.1, 0.15) is 5.82 Å². The average Bonchev–Trinajstić information content (AvgIpc) is 2.89. The summed E-state index contributed by atoms with van der Waals surface area (Å²) in [6.07, 6.45) is 0. The molecule has 0 aliphatic rings. The normalized spacial score (nSPS) is 10.3. The Morgan fingerprint density at radius 3 is 2.95 bits per heavy atom. The van der Waals surface area contributed by atoms with Crippen LogP contribution in [0.3, 0.4) is 0 Å². The van der Waals surface area contributed by atoms with Crippen LogP contribution in [0.25, 0.3) is 0 Å². The van der Waals surface area contributed by atoms with E-state index in [1.54, 1.807) is 35.4 Å². The summed E-state index contributed by atoms with van der Waals surface area (Å²) in [6.45, 7) is 2.43. The molecule has 0 fully saturated rings. The van der Waals surface area contributed by atoms with Gasteiger partial charge in [0, 0.05) is 23.2 Å². The van der Waals surface area contributed by atoms with Crippen LogP contribution in [0, 0.1) is 6.92 Å². The standard InChI is InChI=1S/C13H16N4OS/c1-9-6-10(7-12(15-9)16-14)13(18)17(2)8-11-4-3-5-19-11/h3-7H,8,14H2,1-2H3,(H,15,16). The van der Waals surface area contributed by atoms with Crippen LogP contribution < -0.4 is 11.3 Å². The Kier molecular flexibility index (Phi) is 4.13. The molecule has 0 atom stereocenters. The molecule has 0 saturated carbocycles. The lowest BCUT2D eigenvalue weighted by molar-refractivity contribution is 0.0786. The molecule has 19 heavy (non-hydrogen) atoms. The molecule has 0 spiro atoms. The van der Waals surface area contributed by atoms with Crippen molar-refractivity contribution in [1.82, 2.24) is 9.88 Å². The van der Waals surface area contributed by atoms with Gasteiger partial charge in [-0.25, -0.2) is 10.8 Å². The number of hydrazine groups is 1. The zero-order valence-corrected chi connectivity index (χ0v) is 11.7. The van der Waals surface area contributed by atoms with E-state index in [2.05, 4.69) is 10.4 Å². The number of pyridine rings is 1. The summed E-state index contributed by atoms with van der Waals surface area (Å²) in [4.78, 5) is 19.3. The molecule has 2 rings (SSSR count). The first kappa shape index (κ1) is 13.5. The minimum atomic E-state index is -0.0459. The van der Waals surface area contributed by atoms with Gasteiger partial charge in [0.15, 0.2) is 0 Å². The Balaban J connectivity index is 2.16. The highest BCUT2D eigenvalue weighted by Crippen LogP contribution is 2.15. The van der Waals surface area contributed by atoms with Gasteiger partial charge in [-0.3, -0.25) is 4.79 Å². The third-order valence-electron chi connectivity index (χ3n) is 2.67. The Hall–Kier alpha value is -1.92. The fraction of sp³-hybridized carbons (Fsp3) is 0.231. The van der Waals surface area contributed by atoms with E-state index in [1.807, 2.05) is 24.4 Å². The summed E-state index contributed by atoms with van der Waals surface area (Å²) < 4.78 is 0. The van der Waals surface area contributed by atoms with Crippen LogP contribution in [0.1, 0.15) is 20.9 Å². The summed E-state index contributed by atoms with van der Waals surface area (Å²) in [5, 5.41) is 2.00. The molecule has 0 bridgehead atoms. The highest BCUT2D eigenvalue weighted by atomic mass is 32.1. The van der Waals surface area contributed by atoms with E-state index in [9.17, 15) is 4.79 Å². The first-order valence-electron chi connectivity index (χ1n) is 5.83. The van der Waals surface area contributed by atoms with Crippen molar-refractivity contribution in [3.05, 3.63) is 45.8 Å². The molecule has 0 unspecified atom stereocenters. The van der Waals surface area contributed by atoms with Crippen LogP contribution in [0.5, 0.6) is 0 Å². The summed E-state index contributed by atoms with van der Waals surface area (Å²) >= 11 is 1.64. The van der Waals surface area contributed by atoms with Gasteiger partial charge in [-0.05, 0) is 30.5 Å². The van der Waals surface area contributed by atoms with Gasteiger partial charge >= 0.3 is 0 Å². The lowest BCUT2D eigenvalue weighted by atomic mass is 10.2. The SMILES string of the molecule is Cc1cc(C(=O)N(C)Cc2cccs2)cc(NN)n1. The number of nitrogens with zero attached hydrogens (tertiary/aromatic N) is 2. The number of aryl methyl sites for hydroxylation is 1. The monoisotopic (exact) mass is 276 g/mol. The number of hydrogen-bond donors (Lipinski definition) is 2. The molecule has 5 nitrogen and oxygen atoms in total. The van der Waals surface area contributed by atoms with E-state index in [-0.39, 0.29) is 5.91 Å². The van der Waals surface area contributed by atoms with Crippen molar-refractivity contribution in [3.8, 4) is 0 Å². The first-order chi connectivity index (χ1) is 9.10. The summed E-state index contributed by atoms with van der Waals surface area (Å²) in [6, 6.07) is 7.40. The van der Waals surface area contributed by atoms with Crippen LogP contribution in [0.4, 0.5) is 5.82 Å². The van der Waals surface area contributed by atoms with E-state index in [0.717, 1.165) is 10.6 Å². The number of amides is 1. The predicted molar refractivity (Wildman–Crippen MR) is 76.9 cm³/mol. The molecule has 0 saturated heterocycles. The second-order valence-corrected chi connectivity index (χ2v) is 5.30. The first-order valence-corrected chi connectivity index (χ1v) is 6.71. The Labute approximate surface area is 116 Å². The number of nitrogens with one attached hydrogen (secondary N) is 1. The summed E-state index contributed by atoms with van der Waals surface area (Å²) in [5.41, 5.74) is 3.80. The van der Waals surface area contributed by atoms with Crippen LogP contribution in [-0.4, -0.2) is 22.8 Å². The lowest BCUT2D eigenvalue weighted by Crippen LogP contribution is -2.26. The van der Waals surface area contributed by atoms with Gasteiger partial charge in [0.05, 0.1) is 6.54 Å². The van der Waals surface area contributed by atoms with Crippen molar-refractivity contribution in [2.24, 2.45) is 5.84 Å². The van der Waals surface area contributed by atoms with Crippen LogP contribution >= 0.6 is 11.3 Å². The topological polar surface area (TPSA) is 71.2 Å². The molecular weight excluding hydrogens is 260 g/mol. The molecule has 0 aliphatic carbocycles. The Bertz CT molecular complexity index is 568. The maximum Gasteiger partial charge on any atom is 0.254 e. The van der Waals surface area contributed by atoms with Crippen molar-refractivity contribution < 1.29 is 4.79 Å². The third kappa shape index (κ3) is 3.30. The van der Waals surface area contributed by atoms with Gasteiger partial charge in [0.25, 0.3) is 5.91 Å². The number of thiophene rings is 1. The van der Waals surface area contributed by atoms with Gasteiger partial charge in [0.2, 0.25) is 0 Å². The van der Waals surface area contributed by atoms with Gasteiger partial charge in [-0.2, -0.15) is 0 Å². The number of aromatic nitrogens is 1. The minimum absolute atomic E-state index is 0.0459. The van der Waals surface area contributed by atoms with Crippen molar-refractivity contribution in [2.45, 2.75) is 13.5 Å². The number of hydrogen-bond acceptors (Lipinski definition) is 5. The Morgan fingerprint density at radius 1 is 1.53 bits per heavy atom. The number of nitrogens with two attached hydrogens (primary N) is 1. The van der Waals surface area contributed by atoms with Crippen molar-refractivity contribution in [3.63, 3.8) is 0 Å². The second-order valence-electron chi connectivity index (χ2n) is 4.27. The molecule has 0 radical (unpaired) electrons. The maximum absolute atomic E-state index is 12.3. The minimum Gasteiger partial charge on any atom is -0.337 e. The molecule has 0 aliphatic heterocycles. The van der Waals surface area contributed by atoms with Crippen LogP contribution in [-0.2, 0) is 6.54 Å². The van der Waals surface area contributed by atoms with Crippen LogP contribution in [0.2, 0.25) is 0 Å². The summed E-state index contributed by atoms with van der Waals surface area (Å²) in [5.74, 6) is 5.79. The molecule has 3 N–H and O–H groups in total. The van der Waals surface area contributed by atoms with Gasteiger partial charge in [-0.1, -0.05) is 6.07 Å². The summed E-state index contributed by atoms with van der Waals surface area (Å²) in [7, 11) is 1.79. The number of carbonyl (C=O) groups is 1. The van der Waals surface area contributed by atoms with Crippen molar-refractivity contribution in [1.29, 1.82) is 0 Å². The second kappa shape index (κ2) is 5.81. The molecule has 0 aromatic carbocycles. The quantitative estimate of drug-likeness (QED) is 0.662. The predicted octanol–water partition coefficient (Wildman–Crippen LogP) is 2.01. The molecule has 2 aromatic heterocycles. The smallest absolute Gasteiger partial charge is 0.254 e. The molecule has 1 amide bonds. The highest BCUT2D eigenvalue weighted by molar-refractivity contribution is 7.09. The van der Waals surface area contributed by atoms with E-state index in [0.29, 0.717) is 17.9 Å². The van der Waals surface area contributed by atoms with E-state index in [1.165, 1.54) is 0 Å². The van der Waals surface area contributed by atoms with Crippen molar-refractivity contribution >= 4 is 23.1 Å². The number of rotatable bonds is 4. The van der Waals surface area contributed by atoms with Gasteiger partial charge < -0.3 is 10.3 Å². The van der Waals surface area contributed by atoms with Crippen molar-refractivity contribution in [2.75, 3.05) is 12.5 Å². The molecule has 2 aromatic rings.